The Labute approximate surface area is 104 Å². The van der Waals surface area contributed by atoms with E-state index in [2.05, 4.69) is 16.8 Å². The predicted molar refractivity (Wildman–Crippen MR) is 68.6 cm³/mol. The van der Waals surface area contributed by atoms with Crippen LogP contribution in [0.15, 0.2) is 24.3 Å². The van der Waals surface area contributed by atoms with Crippen molar-refractivity contribution in [1.29, 1.82) is 0 Å². The Morgan fingerprint density at radius 2 is 2.29 bits per heavy atom. The van der Waals surface area contributed by atoms with Crippen molar-refractivity contribution >= 4 is 28.4 Å². The maximum atomic E-state index is 11.8. The molecular weight excluding hydrogens is 236 g/mol. The van der Waals surface area contributed by atoms with Crippen LogP contribution in [0.2, 0.25) is 5.02 Å². The van der Waals surface area contributed by atoms with Crippen molar-refractivity contribution in [1.82, 2.24) is 9.88 Å². The van der Waals surface area contributed by atoms with Crippen LogP contribution in [0.4, 0.5) is 0 Å². The monoisotopic (exact) mass is 248 g/mol. The first-order valence-corrected chi connectivity index (χ1v) is 6.17. The first-order chi connectivity index (χ1) is 8.20. The van der Waals surface area contributed by atoms with Crippen molar-refractivity contribution in [3.63, 3.8) is 0 Å². The Hall–Kier alpha value is -1.48. The van der Waals surface area contributed by atoms with Gasteiger partial charge in [-0.1, -0.05) is 24.6 Å². The van der Waals surface area contributed by atoms with Crippen molar-refractivity contribution in [2.75, 3.05) is 6.54 Å². The van der Waals surface area contributed by atoms with Crippen LogP contribution in [0.5, 0.6) is 0 Å². The summed E-state index contributed by atoms with van der Waals surface area (Å²) in [5.74, 6) is 0.00187. The predicted octanol–water partition coefficient (Wildman–Crippen LogP) is 2.99. The highest BCUT2D eigenvalue weighted by molar-refractivity contribution is 6.31. The molecule has 0 spiro atoms. The number of amides is 1. The molecule has 0 bridgehead atoms. The Kier molecular flexibility index (Phi) is 2.37. The number of carbonyl (C=O) groups excluding carboxylic acids is 1. The molecule has 2 aromatic rings. The number of nitrogens with zero attached hydrogens (tertiary/aromatic N) is 1. The van der Waals surface area contributed by atoms with Gasteiger partial charge in [-0.3, -0.25) is 4.79 Å². The van der Waals surface area contributed by atoms with Gasteiger partial charge in [-0.15, -0.1) is 0 Å². The summed E-state index contributed by atoms with van der Waals surface area (Å²) in [5, 5.41) is 4.70. The number of aromatic nitrogens is 1. The number of halogens is 1. The third-order valence-corrected chi connectivity index (χ3v) is 3.61. The summed E-state index contributed by atoms with van der Waals surface area (Å²) < 4.78 is 2.11. The van der Waals surface area contributed by atoms with Gasteiger partial charge in [0.1, 0.15) is 5.69 Å². The van der Waals surface area contributed by atoms with Gasteiger partial charge < -0.3 is 9.88 Å². The second-order valence-electron chi connectivity index (χ2n) is 4.37. The number of fused-ring (bicyclic) bond motifs is 3. The molecule has 0 fully saturated rings. The van der Waals surface area contributed by atoms with Gasteiger partial charge in [-0.2, -0.15) is 0 Å². The van der Waals surface area contributed by atoms with Crippen LogP contribution in [-0.4, -0.2) is 17.0 Å². The molecule has 1 aromatic carbocycles. The van der Waals surface area contributed by atoms with Gasteiger partial charge in [-0.05, 0) is 24.6 Å². The second-order valence-corrected chi connectivity index (χ2v) is 4.81. The van der Waals surface area contributed by atoms with Gasteiger partial charge in [0.25, 0.3) is 5.91 Å². The minimum atomic E-state index is 0.00187. The summed E-state index contributed by atoms with van der Waals surface area (Å²) in [6.45, 7) is 2.82. The molecule has 1 N–H and O–H groups in total. The van der Waals surface area contributed by atoms with Crippen molar-refractivity contribution < 1.29 is 4.79 Å². The second kappa shape index (κ2) is 3.77. The molecule has 1 aliphatic rings. The molecule has 4 heteroatoms. The first kappa shape index (κ1) is 10.7. The van der Waals surface area contributed by atoms with E-state index in [1.807, 2.05) is 24.3 Å². The number of carbonyl (C=O) groups is 1. The molecule has 0 radical (unpaired) electrons. The Balaban J connectivity index is 2.33. The molecular formula is C13H13ClN2O. The van der Waals surface area contributed by atoms with E-state index in [1.165, 1.54) is 0 Å². The molecule has 0 saturated carbocycles. The Bertz CT molecular complexity index is 603. The van der Waals surface area contributed by atoms with E-state index in [0.29, 0.717) is 17.6 Å². The Morgan fingerprint density at radius 1 is 1.47 bits per heavy atom. The number of rotatable bonds is 1. The summed E-state index contributed by atoms with van der Waals surface area (Å²) in [6.07, 6.45) is 0.990. The smallest absolute Gasteiger partial charge is 0.268 e. The molecule has 1 unspecified atom stereocenters. The molecule has 88 valence electrons. The van der Waals surface area contributed by atoms with E-state index in [0.717, 1.165) is 23.0 Å². The Morgan fingerprint density at radius 3 is 3.06 bits per heavy atom. The molecule has 3 rings (SSSR count). The maximum Gasteiger partial charge on any atom is 0.268 e. The molecule has 0 aliphatic carbocycles. The standard InChI is InChI=1S/C13H13ClN2O/c1-2-10-7-15-13(17)12-5-8-3-4-9(14)6-11(8)16(10)12/h3-6,10H,2,7H2,1H3,(H,15,17). The fourth-order valence-electron chi connectivity index (χ4n) is 2.48. The molecule has 1 amide bonds. The van der Waals surface area contributed by atoms with Crippen LogP contribution in [0, 0.1) is 0 Å². The van der Waals surface area contributed by atoms with Gasteiger partial charge in [0, 0.05) is 17.0 Å². The SMILES string of the molecule is CCC1CNC(=O)c2cc3ccc(Cl)cc3n21. The van der Waals surface area contributed by atoms with E-state index >= 15 is 0 Å². The minimum Gasteiger partial charge on any atom is -0.349 e. The average molecular weight is 249 g/mol. The van der Waals surface area contributed by atoms with E-state index in [1.54, 1.807) is 0 Å². The normalized spacial score (nSPS) is 19.2. The van der Waals surface area contributed by atoms with Crippen LogP contribution in [-0.2, 0) is 0 Å². The van der Waals surface area contributed by atoms with Gasteiger partial charge in [0.15, 0.2) is 0 Å². The average Bonchev–Trinajstić information content (AvgIpc) is 2.70. The summed E-state index contributed by atoms with van der Waals surface area (Å²) in [6, 6.07) is 8.00. The van der Waals surface area contributed by atoms with Crippen molar-refractivity contribution in [3.05, 3.63) is 35.0 Å². The van der Waals surface area contributed by atoms with E-state index in [9.17, 15) is 4.79 Å². The van der Waals surface area contributed by atoms with Crippen LogP contribution < -0.4 is 5.32 Å². The lowest BCUT2D eigenvalue weighted by Gasteiger charge is -2.26. The van der Waals surface area contributed by atoms with Gasteiger partial charge in [0.2, 0.25) is 0 Å². The lowest BCUT2D eigenvalue weighted by atomic mass is 10.1. The van der Waals surface area contributed by atoms with Crippen LogP contribution >= 0.6 is 11.6 Å². The maximum absolute atomic E-state index is 11.8. The molecule has 1 aromatic heterocycles. The first-order valence-electron chi connectivity index (χ1n) is 5.79. The van der Waals surface area contributed by atoms with Gasteiger partial charge in [0.05, 0.1) is 11.6 Å². The van der Waals surface area contributed by atoms with Crippen LogP contribution in [0.3, 0.4) is 0 Å². The third kappa shape index (κ3) is 1.53. The van der Waals surface area contributed by atoms with Crippen LogP contribution in [0.25, 0.3) is 10.9 Å². The van der Waals surface area contributed by atoms with Crippen molar-refractivity contribution in [2.24, 2.45) is 0 Å². The zero-order chi connectivity index (χ0) is 12.0. The van der Waals surface area contributed by atoms with Crippen molar-refractivity contribution in [3.8, 4) is 0 Å². The molecule has 2 heterocycles. The van der Waals surface area contributed by atoms with E-state index in [4.69, 9.17) is 11.6 Å². The van der Waals surface area contributed by atoms with Crippen LogP contribution in [0.1, 0.15) is 29.9 Å². The lowest BCUT2D eigenvalue weighted by Crippen LogP contribution is -2.38. The van der Waals surface area contributed by atoms with Gasteiger partial charge >= 0.3 is 0 Å². The molecule has 0 saturated heterocycles. The summed E-state index contributed by atoms with van der Waals surface area (Å²) in [7, 11) is 0. The summed E-state index contributed by atoms with van der Waals surface area (Å²) >= 11 is 6.03. The number of benzene rings is 1. The van der Waals surface area contributed by atoms with Gasteiger partial charge in [-0.25, -0.2) is 0 Å². The zero-order valence-corrected chi connectivity index (χ0v) is 10.3. The molecule has 17 heavy (non-hydrogen) atoms. The minimum absolute atomic E-state index is 0.00187. The highest BCUT2D eigenvalue weighted by Crippen LogP contribution is 2.29. The summed E-state index contributed by atoms with van der Waals surface area (Å²) in [5.41, 5.74) is 1.79. The highest BCUT2D eigenvalue weighted by Gasteiger charge is 2.25. The number of hydrogen-bond acceptors (Lipinski definition) is 1. The highest BCUT2D eigenvalue weighted by atomic mass is 35.5. The molecule has 1 aliphatic heterocycles. The number of nitrogens with one attached hydrogen (secondary N) is 1. The van der Waals surface area contributed by atoms with E-state index < -0.39 is 0 Å². The number of hydrogen-bond donors (Lipinski definition) is 1. The fraction of sp³-hybridized carbons (Fsp3) is 0.308. The molecule has 1 atom stereocenters. The molecule has 3 nitrogen and oxygen atoms in total. The zero-order valence-electron chi connectivity index (χ0n) is 9.53. The third-order valence-electron chi connectivity index (χ3n) is 3.37. The quantitative estimate of drug-likeness (QED) is 0.827. The summed E-state index contributed by atoms with van der Waals surface area (Å²) in [4.78, 5) is 11.8. The topological polar surface area (TPSA) is 34.0 Å². The fourth-order valence-corrected chi connectivity index (χ4v) is 2.65. The van der Waals surface area contributed by atoms with Crippen molar-refractivity contribution in [2.45, 2.75) is 19.4 Å². The largest absolute Gasteiger partial charge is 0.349 e. The lowest BCUT2D eigenvalue weighted by molar-refractivity contribution is 0.0916. The van der Waals surface area contributed by atoms with E-state index in [-0.39, 0.29) is 5.91 Å².